The second-order valence-corrected chi connectivity index (χ2v) is 10.6. The number of fused-ring (bicyclic) bond motifs is 1. The highest BCUT2D eigenvalue weighted by Gasteiger charge is 2.48. The van der Waals surface area contributed by atoms with Crippen LogP contribution in [-0.4, -0.2) is 81.9 Å². The van der Waals surface area contributed by atoms with Gasteiger partial charge in [0.25, 0.3) is 11.8 Å². The number of hydrogen-bond acceptors (Lipinski definition) is 5. The number of hydrogen-bond donors (Lipinski definition) is 2. The number of likely N-dealkylation sites (tertiary alicyclic amines) is 1. The summed E-state index contributed by atoms with van der Waals surface area (Å²) in [5, 5.41) is 5.96. The molecule has 1 aromatic heterocycles. The van der Waals surface area contributed by atoms with Crippen LogP contribution >= 0.6 is 0 Å². The largest absolute Gasteiger partial charge is 0.354 e. The lowest BCUT2D eigenvalue weighted by Crippen LogP contribution is -2.64. The van der Waals surface area contributed by atoms with E-state index in [9.17, 15) is 14.4 Å². The average molecular weight is 489 g/mol. The Kier molecular flexibility index (Phi) is 9.71. The standard InChI is InChI=1S/C26H44N6O3/c1-5-14-32-24(34)22-21(23(33)27-12-10-17-30-15-8-6-7-9-16-30)29-19-31(22)18-26(32,4)25(35)28-13-11-20(2)3/h19-20H,5-18H2,1-4H3,(H,27,33)(H,28,35)/t26-/m1/s1. The van der Waals surface area contributed by atoms with Crippen LogP contribution in [0.1, 0.15) is 93.6 Å². The molecule has 3 amide bonds. The third-order valence-corrected chi connectivity index (χ3v) is 7.15. The zero-order chi connectivity index (χ0) is 25.4. The molecule has 1 aromatic rings. The molecule has 1 atom stereocenters. The lowest BCUT2D eigenvalue weighted by atomic mass is 9.93. The molecule has 0 aliphatic carbocycles. The third kappa shape index (κ3) is 6.63. The molecule has 0 spiro atoms. The van der Waals surface area contributed by atoms with E-state index in [4.69, 9.17) is 0 Å². The number of carbonyl (C=O) groups excluding carboxylic acids is 3. The normalized spacial score (nSPS) is 21.1. The number of rotatable bonds is 11. The quantitative estimate of drug-likeness (QED) is 0.467. The summed E-state index contributed by atoms with van der Waals surface area (Å²) in [5.41, 5.74) is -0.609. The SMILES string of the molecule is CCCN1C(=O)c2c(C(=O)NCCCN3CCCCCC3)ncn2C[C@]1(C)C(=O)NCCC(C)C. The van der Waals surface area contributed by atoms with E-state index < -0.39 is 5.54 Å². The second-order valence-electron chi connectivity index (χ2n) is 10.6. The van der Waals surface area contributed by atoms with Gasteiger partial charge in [-0.05, 0) is 64.6 Å². The van der Waals surface area contributed by atoms with Crippen LogP contribution < -0.4 is 10.6 Å². The lowest BCUT2D eigenvalue weighted by molar-refractivity contribution is -0.132. The van der Waals surface area contributed by atoms with Crippen molar-refractivity contribution >= 4 is 17.7 Å². The fraction of sp³-hybridized carbons (Fsp3) is 0.769. The number of nitrogens with one attached hydrogen (secondary N) is 2. The van der Waals surface area contributed by atoms with E-state index >= 15 is 0 Å². The summed E-state index contributed by atoms with van der Waals surface area (Å²) in [6.07, 6.45) is 9.08. The molecule has 35 heavy (non-hydrogen) atoms. The molecule has 0 unspecified atom stereocenters. The molecule has 1 fully saturated rings. The first kappa shape index (κ1) is 27.2. The van der Waals surface area contributed by atoms with Crippen molar-refractivity contribution < 1.29 is 14.4 Å². The number of amides is 3. The summed E-state index contributed by atoms with van der Waals surface area (Å²) in [6.45, 7) is 13.1. The van der Waals surface area contributed by atoms with Crippen LogP contribution in [0.3, 0.4) is 0 Å². The minimum atomic E-state index is -1.03. The molecular formula is C26H44N6O3. The molecule has 0 bridgehead atoms. The van der Waals surface area contributed by atoms with Gasteiger partial charge in [-0.1, -0.05) is 33.6 Å². The van der Waals surface area contributed by atoms with E-state index in [1.54, 1.807) is 16.4 Å². The Labute approximate surface area is 210 Å². The van der Waals surface area contributed by atoms with Crippen LogP contribution in [0.15, 0.2) is 6.33 Å². The van der Waals surface area contributed by atoms with Crippen molar-refractivity contribution in [3.63, 3.8) is 0 Å². The van der Waals surface area contributed by atoms with Gasteiger partial charge in [-0.3, -0.25) is 14.4 Å². The maximum atomic E-state index is 13.6. The van der Waals surface area contributed by atoms with E-state index in [2.05, 4.69) is 34.4 Å². The first-order valence-electron chi connectivity index (χ1n) is 13.4. The van der Waals surface area contributed by atoms with E-state index in [0.717, 1.165) is 32.5 Å². The van der Waals surface area contributed by atoms with Gasteiger partial charge in [-0.15, -0.1) is 0 Å². The highest BCUT2D eigenvalue weighted by atomic mass is 16.2. The second kappa shape index (κ2) is 12.5. The topological polar surface area (TPSA) is 99.6 Å². The summed E-state index contributed by atoms with van der Waals surface area (Å²) < 4.78 is 1.67. The van der Waals surface area contributed by atoms with E-state index in [-0.39, 0.29) is 35.7 Å². The van der Waals surface area contributed by atoms with Gasteiger partial charge in [-0.25, -0.2) is 4.98 Å². The van der Waals surface area contributed by atoms with Gasteiger partial charge in [0, 0.05) is 19.6 Å². The summed E-state index contributed by atoms with van der Waals surface area (Å²) in [6, 6.07) is 0. The maximum Gasteiger partial charge on any atom is 0.273 e. The minimum absolute atomic E-state index is 0.146. The average Bonchev–Trinajstić information content (AvgIpc) is 3.06. The highest BCUT2D eigenvalue weighted by molar-refractivity contribution is 6.07. The Morgan fingerprint density at radius 3 is 2.46 bits per heavy atom. The summed E-state index contributed by atoms with van der Waals surface area (Å²) >= 11 is 0. The van der Waals surface area contributed by atoms with Crippen LogP contribution in [0.5, 0.6) is 0 Å². The monoisotopic (exact) mass is 488 g/mol. The minimum Gasteiger partial charge on any atom is -0.354 e. The molecule has 0 saturated carbocycles. The van der Waals surface area contributed by atoms with Gasteiger partial charge in [0.2, 0.25) is 5.91 Å². The lowest BCUT2D eigenvalue weighted by Gasteiger charge is -2.43. The van der Waals surface area contributed by atoms with Crippen LogP contribution in [0.4, 0.5) is 0 Å². The molecule has 2 N–H and O–H groups in total. The van der Waals surface area contributed by atoms with Crippen molar-refractivity contribution in [2.75, 3.05) is 39.3 Å². The fourth-order valence-corrected chi connectivity index (χ4v) is 5.04. The van der Waals surface area contributed by atoms with E-state index in [1.807, 2.05) is 6.92 Å². The van der Waals surface area contributed by atoms with Gasteiger partial charge in [0.1, 0.15) is 11.2 Å². The molecule has 9 heteroatoms. The molecule has 3 heterocycles. The Bertz CT molecular complexity index is 874. The van der Waals surface area contributed by atoms with Crippen molar-refractivity contribution in [2.24, 2.45) is 5.92 Å². The summed E-state index contributed by atoms with van der Waals surface area (Å²) in [5.74, 6) is -0.330. The predicted octanol–water partition coefficient (Wildman–Crippen LogP) is 2.67. The fourth-order valence-electron chi connectivity index (χ4n) is 5.04. The molecule has 9 nitrogen and oxygen atoms in total. The molecule has 2 aliphatic rings. The van der Waals surface area contributed by atoms with Crippen molar-refractivity contribution in [2.45, 2.75) is 84.7 Å². The Balaban J connectivity index is 1.65. The van der Waals surface area contributed by atoms with Gasteiger partial charge in [0.15, 0.2) is 5.69 Å². The molecular weight excluding hydrogens is 444 g/mol. The zero-order valence-electron chi connectivity index (χ0n) is 22.1. The van der Waals surface area contributed by atoms with E-state index in [1.165, 1.54) is 32.0 Å². The smallest absolute Gasteiger partial charge is 0.273 e. The van der Waals surface area contributed by atoms with Crippen molar-refractivity contribution in [1.29, 1.82) is 0 Å². The first-order chi connectivity index (χ1) is 16.8. The van der Waals surface area contributed by atoms with Crippen molar-refractivity contribution in [3.8, 4) is 0 Å². The third-order valence-electron chi connectivity index (χ3n) is 7.15. The van der Waals surface area contributed by atoms with Gasteiger partial charge in [-0.2, -0.15) is 0 Å². The highest BCUT2D eigenvalue weighted by Crippen LogP contribution is 2.29. The van der Waals surface area contributed by atoms with Crippen molar-refractivity contribution in [1.82, 2.24) is 30.0 Å². The zero-order valence-corrected chi connectivity index (χ0v) is 22.1. The van der Waals surface area contributed by atoms with Gasteiger partial charge < -0.3 is 25.0 Å². The van der Waals surface area contributed by atoms with Gasteiger partial charge >= 0.3 is 0 Å². The van der Waals surface area contributed by atoms with E-state index in [0.29, 0.717) is 32.0 Å². The Hall–Kier alpha value is -2.42. The molecule has 3 rings (SSSR count). The Morgan fingerprint density at radius 2 is 1.80 bits per heavy atom. The van der Waals surface area contributed by atoms with Crippen LogP contribution in [-0.2, 0) is 11.3 Å². The molecule has 1 saturated heterocycles. The van der Waals surface area contributed by atoms with Crippen LogP contribution in [0.25, 0.3) is 0 Å². The first-order valence-corrected chi connectivity index (χ1v) is 13.4. The molecule has 0 aromatic carbocycles. The summed E-state index contributed by atoms with van der Waals surface area (Å²) in [4.78, 5) is 48.1. The van der Waals surface area contributed by atoms with Gasteiger partial charge in [0.05, 0.1) is 12.9 Å². The summed E-state index contributed by atoms with van der Waals surface area (Å²) in [7, 11) is 0. The van der Waals surface area contributed by atoms with Crippen LogP contribution in [0.2, 0.25) is 0 Å². The van der Waals surface area contributed by atoms with Crippen LogP contribution in [0, 0.1) is 5.92 Å². The molecule has 2 aliphatic heterocycles. The Morgan fingerprint density at radius 1 is 1.09 bits per heavy atom. The molecule has 0 radical (unpaired) electrons. The maximum absolute atomic E-state index is 13.6. The number of imidazole rings is 1. The number of nitrogens with zero attached hydrogens (tertiary/aromatic N) is 4. The van der Waals surface area contributed by atoms with Crippen molar-refractivity contribution in [3.05, 3.63) is 17.7 Å². The molecule has 196 valence electrons. The number of aromatic nitrogens is 2. The number of carbonyl (C=O) groups is 3. The predicted molar refractivity (Wildman–Crippen MR) is 136 cm³/mol.